The fraction of sp³-hybridized carbons (Fsp3) is 0.417. The van der Waals surface area contributed by atoms with E-state index in [1.807, 2.05) is 5.38 Å². The summed E-state index contributed by atoms with van der Waals surface area (Å²) < 4.78 is 2.33. The van der Waals surface area contributed by atoms with Crippen LogP contribution in [0.15, 0.2) is 23.8 Å². The maximum absolute atomic E-state index is 5.65. The molecule has 1 aliphatic carbocycles. The molecule has 0 atom stereocenters. The van der Waals surface area contributed by atoms with Crippen molar-refractivity contribution in [2.24, 2.45) is 0 Å². The Bertz CT molecular complexity index is 480. The van der Waals surface area contributed by atoms with Crippen molar-refractivity contribution in [3.8, 4) is 11.3 Å². The summed E-state index contributed by atoms with van der Waals surface area (Å²) in [6.45, 7) is 0. The molecule has 84 valence electrons. The molecule has 0 bridgehead atoms. The second-order valence-electron chi connectivity index (χ2n) is 4.36. The minimum atomic E-state index is 0.642. The third-order valence-electron chi connectivity index (χ3n) is 3.28. The van der Waals surface area contributed by atoms with Crippen LogP contribution in [0.1, 0.15) is 31.7 Å². The van der Waals surface area contributed by atoms with Crippen molar-refractivity contribution in [3.63, 3.8) is 0 Å². The van der Waals surface area contributed by atoms with Crippen LogP contribution in [0.4, 0.5) is 5.13 Å². The molecule has 3 rings (SSSR count). The van der Waals surface area contributed by atoms with Crippen molar-refractivity contribution in [1.29, 1.82) is 0 Å². The average molecular weight is 233 g/mol. The van der Waals surface area contributed by atoms with E-state index in [1.165, 1.54) is 42.6 Å². The highest BCUT2D eigenvalue weighted by atomic mass is 32.1. The number of nitrogens with zero attached hydrogens (tertiary/aromatic N) is 2. The van der Waals surface area contributed by atoms with Gasteiger partial charge in [0.15, 0.2) is 5.13 Å². The quantitative estimate of drug-likeness (QED) is 0.864. The van der Waals surface area contributed by atoms with Crippen molar-refractivity contribution >= 4 is 16.5 Å². The zero-order valence-corrected chi connectivity index (χ0v) is 9.91. The standard InChI is InChI=1S/C12H15N3S/c13-12-14-11(8-16-12)9-5-6-15(7-9)10-3-1-2-4-10/h5-8,10H,1-4H2,(H2,13,14). The highest BCUT2D eigenvalue weighted by molar-refractivity contribution is 7.13. The van der Waals surface area contributed by atoms with Gasteiger partial charge in [-0.15, -0.1) is 11.3 Å². The normalized spacial score (nSPS) is 17.0. The first-order valence-corrected chi connectivity index (χ1v) is 6.60. The van der Waals surface area contributed by atoms with Gasteiger partial charge >= 0.3 is 0 Å². The van der Waals surface area contributed by atoms with Crippen LogP contribution in [0.3, 0.4) is 0 Å². The summed E-state index contributed by atoms with van der Waals surface area (Å²) in [5, 5.41) is 2.66. The molecule has 0 aliphatic heterocycles. The first-order valence-electron chi connectivity index (χ1n) is 5.72. The van der Waals surface area contributed by atoms with Crippen LogP contribution in [0.25, 0.3) is 11.3 Å². The smallest absolute Gasteiger partial charge is 0.180 e. The van der Waals surface area contributed by atoms with Crippen molar-refractivity contribution in [1.82, 2.24) is 9.55 Å². The summed E-state index contributed by atoms with van der Waals surface area (Å²) >= 11 is 1.50. The minimum absolute atomic E-state index is 0.642. The summed E-state index contributed by atoms with van der Waals surface area (Å²) in [5.41, 5.74) is 7.83. The molecule has 0 saturated heterocycles. The number of hydrogen-bond acceptors (Lipinski definition) is 3. The van der Waals surface area contributed by atoms with E-state index in [1.54, 1.807) is 0 Å². The summed E-state index contributed by atoms with van der Waals surface area (Å²) in [5.74, 6) is 0. The lowest BCUT2D eigenvalue weighted by molar-refractivity contribution is 0.521. The highest BCUT2D eigenvalue weighted by Crippen LogP contribution is 2.31. The van der Waals surface area contributed by atoms with Crippen LogP contribution in [-0.2, 0) is 0 Å². The number of nitrogens with two attached hydrogens (primary N) is 1. The van der Waals surface area contributed by atoms with E-state index in [4.69, 9.17) is 5.73 Å². The Morgan fingerprint density at radius 3 is 2.88 bits per heavy atom. The molecule has 0 aromatic carbocycles. The van der Waals surface area contributed by atoms with E-state index in [0.717, 1.165) is 5.69 Å². The van der Waals surface area contributed by atoms with E-state index in [0.29, 0.717) is 11.2 Å². The first kappa shape index (κ1) is 9.90. The molecule has 2 aromatic heterocycles. The first-order chi connectivity index (χ1) is 7.83. The van der Waals surface area contributed by atoms with E-state index in [-0.39, 0.29) is 0 Å². The summed E-state index contributed by atoms with van der Waals surface area (Å²) in [7, 11) is 0. The Hall–Kier alpha value is -1.29. The van der Waals surface area contributed by atoms with Gasteiger partial charge in [0, 0.05) is 29.4 Å². The minimum Gasteiger partial charge on any atom is -0.375 e. The second kappa shape index (κ2) is 3.94. The number of thiazole rings is 1. The van der Waals surface area contributed by atoms with E-state index >= 15 is 0 Å². The Balaban J connectivity index is 1.87. The van der Waals surface area contributed by atoms with Gasteiger partial charge in [0.25, 0.3) is 0 Å². The largest absolute Gasteiger partial charge is 0.375 e. The fourth-order valence-electron chi connectivity index (χ4n) is 2.41. The zero-order valence-electron chi connectivity index (χ0n) is 9.10. The lowest BCUT2D eigenvalue weighted by Crippen LogP contribution is -2.00. The molecule has 1 aliphatic rings. The third-order valence-corrected chi connectivity index (χ3v) is 3.95. The van der Waals surface area contributed by atoms with Crippen molar-refractivity contribution < 1.29 is 0 Å². The van der Waals surface area contributed by atoms with Crippen LogP contribution in [0.2, 0.25) is 0 Å². The third kappa shape index (κ3) is 1.73. The Labute approximate surface area is 98.9 Å². The monoisotopic (exact) mass is 233 g/mol. The van der Waals surface area contributed by atoms with Gasteiger partial charge in [0.2, 0.25) is 0 Å². The fourth-order valence-corrected chi connectivity index (χ4v) is 2.99. The van der Waals surface area contributed by atoms with Gasteiger partial charge in [-0.25, -0.2) is 4.98 Å². The van der Waals surface area contributed by atoms with E-state index < -0.39 is 0 Å². The lowest BCUT2D eigenvalue weighted by atomic mass is 10.2. The summed E-state index contributed by atoms with van der Waals surface area (Å²) in [6.07, 6.45) is 9.72. The van der Waals surface area contributed by atoms with Crippen molar-refractivity contribution in [2.75, 3.05) is 5.73 Å². The molecule has 0 radical (unpaired) electrons. The number of aromatic nitrogens is 2. The van der Waals surface area contributed by atoms with E-state index in [9.17, 15) is 0 Å². The predicted octanol–water partition coefficient (Wildman–Crippen LogP) is 3.31. The molecule has 2 heterocycles. The highest BCUT2D eigenvalue weighted by Gasteiger charge is 2.16. The molecule has 0 spiro atoms. The molecule has 3 nitrogen and oxygen atoms in total. The predicted molar refractivity (Wildman–Crippen MR) is 67.5 cm³/mol. The second-order valence-corrected chi connectivity index (χ2v) is 5.25. The van der Waals surface area contributed by atoms with Gasteiger partial charge in [0.05, 0.1) is 5.69 Å². The SMILES string of the molecule is Nc1nc(-c2ccn(C3CCCC3)c2)cs1. The zero-order chi connectivity index (χ0) is 11.0. The maximum atomic E-state index is 5.65. The van der Waals surface area contributed by atoms with Crippen LogP contribution in [0, 0.1) is 0 Å². The van der Waals surface area contributed by atoms with Gasteiger partial charge in [0.1, 0.15) is 0 Å². The van der Waals surface area contributed by atoms with Gasteiger partial charge in [-0.05, 0) is 18.9 Å². The number of rotatable bonds is 2. The Kier molecular flexibility index (Phi) is 2.44. The summed E-state index contributed by atoms with van der Waals surface area (Å²) in [4.78, 5) is 4.30. The molecule has 4 heteroatoms. The molecule has 1 fully saturated rings. The number of anilines is 1. The number of nitrogen functional groups attached to an aromatic ring is 1. The van der Waals surface area contributed by atoms with Crippen LogP contribution in [-0.4, -0.2) is 9.55 Å². The van der Waals surface area contributed by atoms with Gasteiger partial charge in [-0.3, -0.25) is 0 Å². The molecular weight excluding hydrogens is 218 g/mol. The Morgan fingerprint density at radius 1 is 1.38 bits per heavy atom. The Morgan fingerprint density at radius 2 is 2.19 bits per heavy atom. The molecule has 2 N–H and O–H groups in total. The van der Waals surface area contributed by atoms with Crippen molar-refractivity contribution in [3.05, 3.63) is 23.8 Å². The lowest BCUT2D eigenvalue weighted by Gasteiger charge is -2.10. The summed E-state index contributed by atoms with van der Waals surface area (Å²) in [6, 6.07) is 2.83. The van der Waals surface area contributed by atoms with E-state index in [2.05, 4.69) is 28.0 Å². The van der Waals surface area contributed by atoms with Crippen LogP contribution in [0.5, 0.6) is 0 Å². The van der Waals surface area contributed by atoms with Gasteiger partial charge < -0.3 is 10.3 Å². The van der Waals surface area contributed by atoms with Gasteiger partial charge in [-0.2, -0.15) is 0 Å². The van der Waals surface area contributed by atoms with Crippen molar-refractivity contribution in [2.45, 2.75) is 31.7 Å². The van der Waals surface area contributed by atoms with Crippen LogP contribution < -0.4 is 5.73 Å². The molecule has 1 saturated carbocycles. The topological polar surface area (TPSA) is 43.8 Å². The molecule has 16 heavy (non-hydrogen) atoms. The number of hydrogen-bond donors (Lipinski definition) is 1. The maximum Gasteiger partial charge on any atom is 0.180 e. The molecule has 0 amide bonds. The average Bonchev–Trinajstić information content (AvgIpc) is 2.97. The van der Waals surface area contributed by atoms with Gasteiger partial charge in [-0.1, -0.05) is 12.8 Å². The van der Waals surface area contributed by atoms with Crippen LogP contribution >= 0.6 is 11.3 Å². The molecule has 0 unspecified atom stereocenters. The molecular formula is C12H15N3S. The molecule has 2 aromatic rings.